The zero-order valence-corrected chi connectivity index (χ0v) is 23.4. The molecule has 2 atom stereocenters. The Morgan fingerprint density at radius 2 is 2.15 bits per heavy atom. The molecule has 0 unspecified atom stereocenters. The Labute approximate surface area is 239 Å². The number of aromatic nitrogens is 3. The van der Waals surface area contributed by atoms with Crippen LogP contribution in [0.15, 0.2) is 48.7 Å². The molecule has 0 aliphatic carbocycles. The Hall–Kier alpha value is -3.44. The molecule has 1 aromatic carbocycles. The van der Waals surface area contributed by atoms with Gasteiger partial charge >= 0.3 is 5.97 Å². The van der Waals surface area contributed by atoms with Crippen LogP contribution in [-0.4, -0.2) is 56.3 Å². The molecule has 1 fully saturated rings. The third-order valence-corrected chi connectivity index (χ3v) is 8.92. The van der Waals surface area contributed by atoms with Crippen LogP contribution in [0.25, 0.3) is 15.9 Å². The van der Waals surface area contributed by atoms with Gasteiger partial charge in [-0.1, -0.05) is 29.8 Å². The van der Waals surface area contributed by atoms with E-state index < -0.39 is 11.8 Å². The summed E-state index contributed by atoms with van der Waals surface area (Å²) < 4.78 is 20.5. The topological polar surface area (TPSA) is 98.9 Å². The van der Waals surface area contributed by atoms with Gasteiger partial charge in [0.25, 0.3) is 5.79 Å². The van der Waals surface area contributed by atoms with Crippen molar-refractivity contribution in [1.82, 2.24) is 19.4 Å². The summed E-state index contributed by atoms with van der Waals surface area (Å²) in [6.45, 7) is 5.61. The van der Waals surface area contributed by atoms with Crippen molar-refractivity contribution in [2.45, 2.75) is 44.7 Å². The minimum Gasteiger partial charge on any atom is -0.477 e. The number of fused-ring (bicyclic) bond motifs is 2. The van der Waals surface area contributed by atoms with E-state index in [1.54, 1.807) is 18.3 Å². The fourth-order valence-corrected chi connectivity index (χ4v) is 6.45. The van der Waals surface area contributed by atoms with E-state index in [0.29, 0.717) is 34.4 Å². The van der Waals surface area contributed by atoms with Gasteiger partial charge in [-0.15, -0.1) is 11.3 Å². The molecule has 0 saturated carbocycles. The van der Waals surface area contributed by atoms with Crippen molar-refractivity contribution in [2.75, 3.05) is 19.7 Å². The van der Waals surface area contributed by atoms with E-state index in [1.165, 1.54) is 16.9 Å². The number of thiophene rings is 1. The monoisotopic (exact) mass is 578 g/mol. The molecular formula is C29H27ClN4O5S. The van der Waals surface area contributed by atoms with Crippen LogP contribution >= 0.6 is 22.9 Å². The van der Waals surface area contributed by atoms with Crippen molar-refractivity contribution >= 4 is 44.8 Å². The van der Waals surface area contributed by atoms with Crippen LogP contribution in [0.1, 0.15) is 46.5 Å². The highest BCUT2D eigenvalue weighted by Gasteiger charge is 2.41. The van der Waals surface area contributed by atoms with Crippen LogP contribution in [0.5, 0.6) is 11.5 Å². The van der Waals surface area contributed by atoms with Gasteiger partial charge in [-0.3, -0.25) is 9.88 Å². The summed E-state index contributed by atoms with van der Waals surface area (Å²) in [4.78, 5) is 24.2. The Balaban J connectivity index is 1.10. The second-order valence-corrected chi connectivity index (χ2v) is 11.9. The summed E-state index contributed by atoms with van der Waals surface area (Å²) in [5.41, 5.74) is 3.76. The van der Waals surface area contributed by atoms with Crippen LogP contribution in [0, 0.1) is 0 Å². The number of carbonyl (C=O) groups is 1. The minimum absolute atomic E-state index is 0.147. The zero-order chi connectivity index (χ0) is 27.4. The Kier molecular flexibility index (Phi) is 6.31. The SMILES string of the molecule is C[C@@]1(c2ccc(Cl)cn2)Oc2cccc(C3=CCN(Cc4nc5sc(C(=O)O)cc5n4C[C@@H]4CCO4)CC3)c2O1. The van der Waals surface area contributed by atoms with Crippen molar-refractivity contribution in [2.24, 2.45) is 0 Å². The summed E-state index contributed by atoms with van der Waals surface area (Å²) >= 11 is 7.25. The third kappa shape index (κ3) is 4.54. The quantitative estimate of drug-likeness (QED) is 0.304. The maximum Gasteiger partial charge on any atom is 0.346 e. The first-order valence-corrected chi connectivity index (χ1v) is 14.4. The highest BCUT2D eigenvalue weighted by molar-refractivity contribution is 7.20. The molecule has 9 nitrogen and oxygen atoms in total. The summed E-state index contributed by atoms with van der Waals surface area (Å²) in [6, 6.07) is 11.3. The summed E-state index contributed by atoms with van der Waals surface area (Å²) in [6.07, 6.45) is 5.83. The first-order chi connectivity index (χ1) is 19.4. The minimum atomic E-state index is -1.03. The molecule has 3 aliphatic heterocycles. The lowest BCUT2D eigenvalue weighted by atomic mass is 9.98. The lowest BCUT2D eigenvalue weighted by Gasteiger charge is -2.29. The van der Waals surface area contributed by atoms with Gasteiger partial charge < -0.3 is 23.9 Å². The second-order valence-electron chi connectivity index (χ2n) is 10.4. The molecule has 0 radical (unpaired) electrons. The molecule has 40 heavy (non-hydrogen) atoms. The summed E-state index contributed by atoms with van der Waals surface area (Å²) in [7, 11) is 0. The number of imidazole rings is 1. The fourth-order valence-electron chi connectivity index (χ4n) is 5.45. The van der Waals surface area contributed by atoms with Crippen molar-refractivity contribution in [1.29, 1.82) is 0 Å². The number of aromatic carboxylic acids is 1. The summed E-state index contributed by atoms with van der Waals surface area (Å²) in [5.74, 6) is 0.414. The normalized spacial score (nSPS) is 22.4. The molecule has 3 aromatic heterocycles. The molecule has 1 N–H and O–H groups in total. The lowest BCUT2D eigenvalue weighted by Crippen LogP contribution is -2.33. The van der Waals surface area contributed by atoms with Crippen LogP contribution in [0.3, 0.4) is 0 Å². The van der Waals surface area contributed by atoms with Gasteiger partial charge in [0.05, 0.1) is 29.7 Å². The van der Waals surface area contributed by atoms with Crippen molar-refractivity contribution in [3.8, 4) is 11.5 Å². The van der Waals surface area contributed by atoms with Crippen LogP contribution in [0.4, 0.5) is 0 Å². The van der Waals surface area contributed by atoms with Crippen LogP contribution in [0.2, 0.25) is 5.02 Å². The predicted octanol–water partition coefficient (Wildman–Crippen LogP) is 5.57. The predicted molar refractivity (Wildman–Crippen MR) is 151 cm³/mol. The third-order valence-electron chi connectivity index (χ3n) is 7.69. The van der Waals surface area contributed by atoms with Crippen LogP contribution < -0.4 is 9.47 Å². The lowest BCUT2D eigenvalue weighted by molar-refractivity contribution is -0.0718. The van der Waals surface area contributed by atoms with E-state index in [4.69, 9.17) is 30.8 Å². The molecule has 3 aliphatic rings. The van der Waals surface area contributed by atoms with Gasteiger partial charge in [0, 0.05) is 38.4 Å². The van der Waals surface area contributed by atoms with E-state index >= 15 is 0 Å². The van der Waals surface area contributed by atoms with Gasteiger partial charge in [-0.25, -0.2) is 9.78 Å². The molecule has 1 saturated heterocycles. The second kappa shape index (κ2) is 9.88. The number of hydrogen-bond acceptors (Lipinski definition) is 8. The molecule has 0 amide bonds. The van der Waals surface area contributed by atoms with E-state index in [9.17, 15) is 9.90 Å². The average molecular weight is 579 g/mol. The highest BCUT2D eigenvalue weighted by atomic mass is 35.5. The van der Waals surface area contributed by atoms with E-state index in [1.807, 2.05) is 25.1 Å². The van der Waals surface area contributed by atoms with Crippen LogP contribution in [-0.2, 0) is 23.6 Å². The molecule has 0 bridgehead atoms. The smallest absolute Gasteiger partial charge is 0.346 e. The van der Waals surface area contributed by atoms with Gasteiger partial charge in [0.1, 0.15) is 21.2 Å². The number of carboxylic acid groups (broad SMARTS) is 1. The number of carboxylic acids is 1. The first-order valence-electron chi connectivity index (χ1n) is 13.2. The van der Waals surface area contributed by atoms with E-state index in [-0.39, 0.29) is 6.10 Å². The molecule has 6 heterocycles. The number of pyridine rings is 1. The molecule has 0 spiro atoms. The molecule has 4 aromatic rings. The average Bonchev–Trinajstić information content (AvgIpc) is 3.58. The van der Waals surface area contributed by atoms with Crippen molar-refractivity contribution in [3.05, 3.63) is 75.7 Å². The Morgan fingerprint density at radius 3 is 2.85 bits per heavy atom. The van der Waals surface area contributed by atoms with E-state index in [0.717, 1.165) is 60.0 Å². The van der Waals surface area contributed by atoms with Crippen molar-refractivity contribution < 1.29 is 24.1 Å². The number of hydrogen-bond donors (Lipinski definition) is 1. The number of benzene rings is 1. The Morgan fingerprint density at radius 1 is 1.27 bits per heavy atom. The van der Waals surface area contributed by atoms with Gasteiger partial charge in [0.15, 0.2) is 11.5 Å². The number of rotatable bonds is 7. The maximum absolute atomic E-state index is 11.5. The van der Waals surface area contributed by atoms with Crippen molar-refractivity contribution in [3.63, 3.8) is 0 Å². The largest absolute Gasteiger partial charge is 0.477 e. The molecular weight excluding hydrogens is 552 g/mol. The standard InChI is InChI=1S/C29H27ClN4O5S/c1-29(24-6-5-18(30)14-31-24)38-22-4-2-3-20(26(22)39-29)17-7-10-33(11-8-17)16-25-32-27-21(13-23(40-27)28(35)36)34(25)15-19-9-12-37-19/h2-7,13-14,19H,8-12,15-16H2,1H3,(H,35,36)/t19-,29+/m0/s1. The zero-order valence-electron chi connectivity index (χ0n) is 21.8. The Bertz CT molecular complexity index is 1640. The maximum atomic E-state index is 11.5. The summed E-state index contributed by atoms with van der Waals surface area (Å²) in [5, 5.41) is 10.0. The highest BCUT2D eigenvalue weighted by Crippen LogP contribution is 2.48. The number of para-hydroxylation sites is 1. The number of halogens is 1. The number of ether oxygens (including phenoxy) is 3. The van der Waals surface area contributed by atoms with Gasteiger partial charge in [0.2, 0.25) is 0 Å². The van der Waals surface area contributed by atoms with Gasteiger partial charge in [-0.05, 0) is 42.7 Å². The number of nitrogens with zero attached hydrogens (tertiary/aromatic N) is 4. The fraction of sp³-hybridized carbons (Fsp3) is 0.345. The molecule has 11 heteroatoms. The first kappa shape index (κ1) is 25.5. The van der Waals surface area contributed by atoms with Gasteiger partial charge in [-0.2, -0.15) is 0 Å². The van der Waals surface area contributed by atoms with E-state index in [2.05, 4.69) is 26.6 Å². The molecule has 206 valence electrons. The molecule has 7 rings (SSSR count).